The molecular formula is C15H20BrFN2O2. The van der Waals surface area contributed by atoms with Crippen LogP contribution in [0.15, 0.2) is 22.7 Å². The number of rotatable bonds is 4. The molecule has 2 N–H and O–H groups in total. The van der Waals surface area contributed by atoms with Crippen molar-refractivity contribution in [3.8, 4) is 0 Å². The lowest BCUT2D eigenvalue weighted by Gasteiger charge is -2.34. The maximum Gasteiger partial charge on any atom is 0.223 e. The zero-order valence-electron chi connectivity index (χ0n) is 12.0. The number of amides is 1. The number of carbonyl (C=O) groups is 1. The van der Waals surface area contributed by atoms with Gasteiger partial charge in [-0.1, -0.05) is 22.0 Å². The second kappa shape index (κ2) is 7.33. The molecule has 1 aliphatic heterocycles. The molecular weight excluding hydrogens is 339 g/mol. The highest BCUT2D eigenvalue weighted by molar-refractivity contribution is 9.10. The average molecular weight is 359 g/mol. The molecule has 1 aromatic carbocycles. The monoisotopic (exact) mass is 358 g/mol. The highest BCUT2D eigenvalue weighted by Gasteiger charge is 2.34. The lowest BCUT2D eigenvalue weighted by Crippen LogP contribution is -2.44. The molecule has 1 saturated heterocycles. The largest absolute Gasteiger partial charge is 0.383 e. The van der Waals surface area contributed by atoms with Crippen molar-refractivity contribution in [3.63, 3.8) is 0 Å². The highest BCUT2D eigenvalue weighted by atomic mass is 79.9. The molecule has 2 atom stereocenters. The fourth-order valence-corrected chi connectivity index (χ4v) is 3.10. The van der Waals surface area contributed by atoms with Gasteiger partial charge in [-0.05, 0) is 25.0 Å². The number of benzene rings is 1. The summed E-state index contributed by atoms with van der Waals surface area (Å²) in [4.78, 5) is 14.0. The van der Waals surface area contributed by atoms with Crippen LogP contribution < -0.4 is 5.73 Å². The van der Waals surface area contributed by atoms with Gasteiger partial charge >= 0.3 is 0 Å². The van der Waals surface area contributed by atoms with E-state index in [1.807, 2.05) is 0 Å². The van der Waals surface area contributed by atoms with Crippen molar-refractivity contribution < 1.29 is 13.9 Å². The van der Waals surface area contributed by atoms with Gasteiger partial charge in [0.1, 0.15) is 5.82 Å². The highest BCUT2D eigenvalue weighted by Crippen LogP contribution is 2.32. The lowest BCUT2D eigenvalue weighted by atomic mass is 9.96. The van der Waals surface area contributed by atoms with Crippen LogP contribution in [0.1, 0.15) is 30.9 Å². The standard InChI is InChI=1S/C15H20BrFN2O2/c1-21-8-7-19-14(20)4-2-3-13(18)15(19)11-6-5-10(16)9-12(11)17/h5-6,9,13,15H,2-4,7-8,18H2,1H3. The van der Waals surface area contributed by atoms with Crippen molar-refractivity contribution in [2.45, 2.75) is 31.3 Å². The zero-order valence-corrected chi connectivity index (χ0v) is 13.6. The second-order valence-electron chi connectivity index (χ2n) is 5.25. The Morgan fingerprint density at radius 2 is 2.29 bits per heavy atom. The van der Waals surface area contributed by atoms with Crippen LogP contribution in [0.3, 0.4) is 0 Å². The molecule has 1 aromatic rings. The van der Waals surface area contributed by atoms with E-state index >= 15 is 0 Å². The van der Waals surface area contributed by atoms with E-state index < -0.39 is 6.04 Å². The third-order valence-corrected chi connectivity index (χ3v) is 4.30. The summed E-state index contributed by atoms with van der Waals surface area (Å²) in [6.45, 7) is 0.830. The summed E-state index contributed by atoms with van der Waals surface area (Å²) in [6.07, 6.45) is 1.89. The molecule has 2 rings (SSSR count). The Morgan fingerprint density at radius 1 is 1.52 bits per heavy atom. The third-order valence-electron chi connectivity index (χ3n) is 3.81. The Morgan fingerprint density at radius 3 is 2.95 bits per heavy atom. The molecule has 0 aliphatic carbocycles. The van der Waals surface area contributed by atoms with Crippen LogP contribution in [-0.4, -0.2) is 37.1 Å². The number of hydrogen-bond donors (Lipinski definition) is 1. The first-order chi connectivity index (χ1) is 10.0. The molecule has 1 amide bonds. The van der Waals surface area contributed by atoms with Crippen LogP contribution in [0, 0.1) is 5.82 Å². The molecule has 2 unspecified atom stereocenters. The summed E-state index contributed by atoms with van der Waals surface area (Å²) in [7, 11) is 1.58. The minimum atomic E-state index is -0.441. The molecule has 116 valence electrons. The van der Waals surface area contributed by atoms with Gasteiger partial charge in [0, 0.05) is 36.2 Å². The normalized spacial score (nSPS) is 23.2. The summed E-state index contributed by atoms with van der Waals surface area (Å²) >= 11 is 3.25. The van der Waals surface area contributed by atoms with Gasteiger partial charge in [0.25, 0.3) is 0 Å². The SMILES string of the molecule is COCCN1C(=O)CCCC(N)C1c1ccc(Br)cc1F. The molecule has 1 fully saturated rings. The van der Waals surface area contributed by atoms with E-state index in [0.29, 0.717) is 36.0 Å². The first kappa shape index (κ1) is 16.4. The van der Waals surface area contributed by atoms with Crippen molar-refractivity contribution in [2.75, 3.05) is 20.3 Å². The van der Waals surface area contributed by atoms with Crippen LogP contribution in [-0.2, 0) is 9.53 Å². The molecule has 4 nitrogen and oxygen atoms in total. The molecule has 21 heavy (non-hydrogen) atoms. The van der Waals surface area contributed by atoms with Crippen molar-refractivity contribution in [1.82, 2.24) is 4.90 Å². The average Bonchev–Trinajstić information content (AvgIpc) is 2.56. The van der Waals surface area contributed by atoms with Gasteiger partial charge in [0.05, 0.1) is 12.6 Å². The third kappa shape index (κ3) is 3.81. The van der Waals surface area contributed by atoms with Crippen LogP contribution in [0.4, 0.5) is 4.39 Å². The van der Waals surface area contributed by atoms with E-state index in [-0.39, 0.29) is 17.8 Å². The van der Waals surface area contributed by atoms with E-state index in [2.05, 4.69) is 15.9 Å². The Bertz CT molecular complexity index is 512. The van der Waals surface area contributed by atoms with Crippen molar-refractivity contribution >= 4 is 21.8 Å². The molecule has 1 heterocycles. The molecule has 0 saturated carbocycles. The summed E-state index contributed by atoms with van der Waals surface area (Å²) in [5, 5.41) is 0. The number of nitrogens with two attached hydrogens (primary N) is 1. The second-order valence-corrected chi connectivity index (χ2v) is 6.16. The number of methoxy groups -OCH3 is 1. The number of likely N-dealkylation sites (tertiary alicyclic amines) is 1. The Balaban J connectivity index is 2.38. The topological polar surface area (TPSA) is 55.6 Å². The Hall–Kier alpha value is -0.980. The number of nitrogens with zero attached hydrogens (tertiary/aromatic N) is 1. The van der Waals surface area contributed by atoms with E-state index in [4.69, 9.17) is 10.5 Å². The van der Waals surface area contributed by atoms with Gasteiger partial charge in [-0.3, -0.25) is 4.79 Å². The fraction of sp³-hybridized carbons (Fsp3) is 0.533. The van der Waals surface area contributed by atoms with E-state index in [9.17, 15) is 9.18 Å². The van der Waals surface area contributed by atoms with Crippen molar-refractivity contribution in [1.29, 1.82) is 0 Å². The van der Waals surface area contributed by atoms with Gasteiger partial charge in [0.2, 0.25) is 5.91 Å². The Kier molecular flexibility index (Phi) is 5.72. The molecule has 0 bridgehead atoms. The van der Waals surface area contributed by atoms with Gasteiger partial charge in [-0.15, -0.1) is 0 Å². The minimum Gasteiger partial charge on any atom is -0.383 e. The maximum absolute atomic E-state index is 14.3. The predicted molar refractivity (Wildman–Crippen MR) is 82.3 cm³/mol. The number of hydrogen-bond acceptors (Lipinski definition) is 3. The predicted octanol–water partition coefficient (Wildman–Crippen LogP) is 2.62. The fourth-order valence-electron chi connectivity index (χ4n) is 2.77. The first-order valence-corrected chi connectivity index (χ1v) is 7.83. The number of carbonyl (C=O) groups excluding carboxylic acids is 1. The number of ether oxygens (including phenoxy) is 1. The van der Waals surface area contributed by atoms with Crippen molar-refractivity contribution in [2.24, 2.45) is 5.73 Å². The van der Waals surface area contributed by atoms with Gasteiger partial charge in [-0.2, -0.15) is 0 Å². The quantitative estimate of drug-likeness (QED) is 0.899. The summed E-state index contributed by atoms with van der Waals surface area (Å²) < 4.78 is 20.0. The summed E-state index contributed by atoms with van der Waals surface area (Å²) in [5.74, 6) is -0.339. The van der Waals surface area contributed by atoms with Crippen LogP contribution in [0.2, 0.25) is 0 Å². The van der Waals surface area contributed by atoms with Crippen LogP contribution >= 0.6 is 15.9 Å². The van der Waals surface area contributed by atoms with E-state index in [1.54, 1.807) is 24.1 Å². The zero-order chi connectivity index (χ0) is 15.4. The molecule has 0 radical (unpaired) electrons. The minimum absolute atomic E-state index is 0.00678. The van der Waals surface area contributed by atoms with Gasteiger partial charge < -0.3 is 15.4 Å². The molecule has 0 spiro atoms. The van der Waals surface area contributed by atoms with Crippen molar-refractivity contribution in [3.05, 3.63) is 34.1 Å². The molecule has 0 aromatic heterocycles. The summed E-state index contributed by atoms with van der Waals surface area (Å²) in [5.41, 5.74) is 6.70. The van der Waals surface area contributed by atoms with E-state index in [0.717, 1.165) is 6.42 Å². The van der Waals surface area contributed by atoms with Gasteiger partial charge in [-0.25, -0.2) is 4.39 Å². The van der Waals surface area contributed by atoms with Crippen LogP contribution in [0.25, 0.3) is 0 Å². The molecule has 6 heteroatoms. The molecule has 1 aliphatic rings. The number of halogens is 2. The smallest absolute Gasteiger partial charge is 0.223 e. The summed E-state index contributed by atoms with van der Waals surface area (Å²) in [6, 6.07) is 4.16. The lowest BCUT2D eigenvalue weighted by molar-refractivity contribution is -0.134. The van der Waals surface area contributed by atoms with E-state index in [1.165, 1.54) is 6.07 Å². The Labute approximate surface area is 132 Å². The van der Waals surface area contributed by atoms with Gasteiger partial charge in [0.15, 0.2) is 0 Å². The maximum atomic E-state index is 14.3. The first-order valence-electron chi connectivity index (χ1n) is 7.03. The van der Waals surface area contributed by atoms with Crippen LogP contribution in [0.5, 0.6) is 0 Å².